The molecule has 1 saturated heterocycles. The first-order valence-corrected chi connectivity index (χ1v) is 10.2. The average Bonchev–Trinajstić information content (AvgIpc) is 2.77. The molecule has 1 heterocycles. The van der Waals surface area contributed by atoms with Crippen LogP contribution in [0.2, 0.25) is 0 Å². The molecular weight excluding hydrogens is 380 g/mol. The van der Waals surface area contributed by atoms with Gasteiger partial charge in [0, 0.05) is 37.4 Å². The van der Waals surface area contributed by atoms with Gasteiger partial charge in [0.05, 0.1) is 6.54 Å². The van der Waals surface area contributed by atoms with E-state index in [0.29, 0.717) is 18.7 Å². The van der Waals surface area contributed by atoms with Crippen LogP contribution in [0.3, 0.4) is 0 Å². The third-order valence-corrected chi connectivity index (χ3v) is 5.19. The van der Waals surface area contributed by atoms with Gasteiger partial charge in [-0.15, -0.1) is 0 Å². The van der Waals surface area contributed by atoms with E-state index in [0.717, 1.165) is 24.3 Å². The van der Waals surface area contributed by atoms with Gasteiger partial charge in [-0.2, -0.15) is 0 Å². The fraction of sp³-hybridized carbons (Fsp3) is 0.348. The Kier molecular flexibility index (Phi) is 7.06. The van der Waals surface area contributed by atoms with Crippen molar-refractivity contribution < 1.29 is 14.4 Å². The van der Waals surface area contributed by atoms with Crippen LogP contribution in [-0.2, 0) is 9.59 Å². The Labute approximate surface area is 177 Å². The SMILES string of the molecule is Cc1cccc(C(=O)NC(C)C(=O)NCC(=O)N2CCN(c3ccccc3)CC2)c1. The highest BCUT2D eigenvalue weighted by atomic mass is 16.2. The van der Waals surface area contributed by atoms with Crippen LogP contribution >= 0.6 is 0 Å². The summed E-state index contributed by atoms with van der Waals surface area (Å²) in [6.07, 6.45) is 0. The second-order valence-electron chi connectivity index (χ2n) is 7.49. The zero-order chi connectivity index (χ0) is 21.5. The number of carbonyl (C=O) groups is 3. The van der Waals surface area contributed by atoms with Crippen molar-refractivity contribution in [2.45, 2.75) is 19.9 Å². The largest absolute Gasteiger partial charge is 0.368 e. The first kappa shape index (κ1) is 21.4. The molecule has 1 atom stereocenters. The van der Waals surface area contributed by atoms with Gasteiger partial charge in [-0.3, -0.25) is 14.4 Å². The van der Waals surface area contributed by atoms with Crippen LogP contribution in [0.5, 0.6) is 0 Å². The second-order valence-corrected chi connectivity index (χ2v) is 7.49. The molecule has 2 aromatic rings. The molecule has 0 aromatic heterocycles. The Balaban J connectivity index is 1.42. The standard InChI is InChI=1S/C23H28N4O3/c1-17-7-6-8-19(15-17)23(30)25-18(2)22(29)24-16-21(28)27-13-11-26(12-14-27)20-9-4-3-5-10-20/h3-10,15,18H,11-14,16H2,1-2H3,(H,24,29)(H,25,30). The fourth-order valence-corrected chi connectivity index (χ4v) is 3.41. The predicted molar refractivity (Wildman–Crippen MR) is 116 cm³/mol. The molecule has 1 aliphatic heterocycles. The van der Waals surface area contributed by atoms with Crippen LogP contribution in [0, 0.1) is 6.92 Å². The smallest absolute Gasteiger partial charge is 0.251 e. The van der Waals surface area contributed by atoms with Crippen LogP contribution in [0.25, 0.3) is 0 Å². The van der Waals surface area contributed by atoms with E-state index < -0.39 is 6.04 Å². The maximum atomic E-state index is 12.5. The Morgan fingerprint density at radius 2 is 1.67 bits per heavy atom. The van der Waals surface area contributed by atoms with E-state index in [2.05, 4.69) is 27.7 Å². The molecule has 7 nitrogen and oxygen atoms in total. The number of benzene rings is 2. The minimum absolute atomic E-state index is 0.0746. The molecule has 0 saturated carbocycles. The molecule has 7 heteroatoms. The van der Waals surface area contributed by atoms with Crippen molar-refractivity contribution in [3.63, 3.8) is 0 Å². The molecule has 1 fully saturated rings. The summed E-state index contributed by atoms with van der Waals surface area (Å²) < 4.78 is 0. The van der Waals surface area contributed by atoms with Gasteiger partial charge in [0.2, 0.25) is 11.8 Å². The lowest BCUT2D eigenvalue weighted by Crippen LogP contribution is -2.52. The zero-order valence-corrected chi connectivity index (χ0v) is 17.4. The Hall–Kier alpha value is -3.35. The Bertz CT molecular complexity index is 892. The molecule has 0 spiro atoms. The van der Waals surface area contributed by atoms with E-state index in [1.807, 2.05) is 31.2 Å². The molecule has 3 rings (SSSR count). The van der Waals surface area contributed by atoms with E-state index in [4.69, 9.17) is 0 Å². The summed E-state index contributed by atoms with van der Waals surface area (Å²) in [5.74, 6) is -0.815. The molecule has 1 aliphatic rings. The third-order valence-electron chi connectivity index (χ3n) is 5.19. The van der Waals surface area contributed by atoms with Gasteiger partial charge in [0.1, 0.15) is 6.04 Å². The van der Waals surface area contributed by atoms with Crippen molar-refractivity contribution in [3.05, 3.63) is 65.7 Å². The molecule has 0 bridgehead atoms. The molecular formula is C23H28N4O3. The van der Waals surface area contributed by atoms with Crippen molar-refractivity contribution >= 4 is 23.4 Å². The number of piperazine rings is 1. The van der Waals surface area contributed by atoms with Crippen molar-refractivity contribution in [2.24, 2.45) is 0 Å². The zero-order valence-electron chi connectivity index (χ0n) is 17.4. The summed E-state index contributed by atoms with van der Waals surface area (Å²) in [7, 11) is 0. The fourth-order valence-electron chi connectivity index (χ4n) is 3.41. The summed E-state index contributed by atoms with van der Waals surface area (Å²) in [5, 5.41) is 5.30. The van der Waals surface area contributed by atoms with Crippen LogP contribution in [0.1, 0.15) is 22.8 Å². The minimum Gasteiger partial charge on any atom is -0.368 e. The second kappa shape index (κ2) is 9.91. The first-order valence-electron chi connectivity index (χ1n) is 10.2. The van der Waals surface area contributed by atoms with E-state index in [1.54, 1.807) is 30.0 Å². The normalized spacial score (nSPS) is 14.7. The van der Waals surface area contributed by atoms with Crippen molar-refractivity contribution in [1.82, 2.24) is 15.5 Å². The third kappa shape index (κ3) is 5.59. The topological polar surface area (TPSA) is 81.8 Å². The highest BCUT2D eigenvalue weighted by Crippen LogP contribution is 2.15. The van der Waals surface area contributed by atoms with Gasteiger partial charge in [-0.25, -0.2) is 0 Å². The summed E-state index contributed by atoms with van der Waals surface area (Å²) in [6, 6.07) is 16.5. The lowest BCUT2D eigenvalue weighted by molar-refractivity contribution is -0.133. The van der Waals surface area contributed by atoms with Gasteiger partial charge in [0.15, 0.2) is 0 Å². The predicted octanol–water partition coefficient (Wildman–Crippen LogP) is 1.58. The molecule has 158 valence electrons. The number of aryl methyl sites for hydroxylation is 1. The van der Waals surface area contributed by atoms with Crippen LogP contribution < -0.4 is 15.5 Å². The van der Waals surface area contributed by atoms with E-state index in [9.17, 15) is 14.4 Å². The van der Waals surface area contributed by atoms with Gasteiger partial charge in [0.25, 0.3) is 5.91 Å². The molecule has 2 N–H and O–H groups in total. The molecule has 2 aromatic carbocycles. The lowest BCUT2D eigenvalue weighted by atomic mass is 10.1. The molecule has 0 aliphatic carbocycles. The van der Waals surface area contributed by atoms with Gasteiger partial charge >= 0.3 is 0 Å². The average molecular weight is 409 g/mol. The number of hydrogen-bond acceptors (Lipinski definition) is 4. The van der Waals surface area contributed by atoms with Crippen molar-refractivity contribution in [1.29, 1.82) is 0 Å². The number of hydrogen-bond donors (Lipinski definition) is 2. The number of anilines is 1. The number of rotatable bonds is 6. The molecule has 3 amide bonds. The monoisotopic (exact) mass is 408 g/mol. The highest BCUT2D eigenvalue weighted by molar-refractivity contribution is 5.98. The van der Waals surface area contributed by atoms with E-state index >= 15 is 0 Å². The number of nitrogens with zero attached hydrogens (tertiary/aromatic N) is 2. The van der Waals surface area contributed by atoms with E-state index in [1.165, 1.54) is 0 Å². The summed E-state index contributed by atoms with van der Waals surface area (Å²) in [4.78, 5) is 41.0. The van der Waals surface area contributed by atoms with E-state index in [-0.39, 0.29) is 24.3 Å². The van der Waals surface area contributed by atoms with Crippen LogP contribution in [0.15, 0.2) is 54.6 Å². The number of amides is 3. The van der Waals surface area contributed by atoms with Gasteiger partial charge in [-0.1, -0.05) is 35.9 Å². The van der Waals surface area contributed by atoms with Gasteiger partial charge in [-0.05, 0) is 38.1 Å². The maximum absolute atomic E-state index is 12.5. The van der Waals surface area contributed by atoms with Crippen LogP contribution in [-0.4, -0.2) is 61.4 Å². The maximum Gasteiger partial charge on any atom is 0.251 e. The molecule has 30 heavy (non-hydrogen) atoms. The summed E-state index contributed by atoms with van der Waals surface area (Å²) in [6.45, 7) is 6.17. The first-order chi connectivity index (χ1) is 14.4. The van der Waals surface area contributed by atoms with Gasteiger partial charge < -0.3 is 20.4 Å². The Morgan fingerprint density at radius 1 is 0.967 bits per heavy atom. The van der Waals surface area contributed by atoms with Crippen molar-refractivity contribution in [3.8, 4) is 0 Å². The summed E-state index contributed by atoms with van der Waals surface area (Å²) >= 11 is 0. The lowest BCUT2D eigenvalue weighted by Gasteiger charge is -2.36. The quantitative estimate of drug-likeness (QED) is 0.760. The van der Waals surface area contributed by atoms with Crippen LogP contribution in [0.4, 0.5) is 5.69 Å². The summed E-state index contributed by atoms with van der Waals surface area (Å²) in [5.41, 5.74) is 2.62. The number of carbonyl (C=O) groups excluding carboxylic acids is 3. The molecule has 0 radical (unpaired) electrons. The molecule has 1 unspecified atom stereocenters. The number of nitrogens with one attached hydrogen (secondary N) is 2. The Morgan fingerprint density at radius 3 is 2.33 bits per heavy atom. The highest BCUT2D eigenvalue weighted by Gasteiger charge is 2.23. The minimum atomic E-state index is -0.735. The van der Waals surface area contributed by atoms with Crippen molar-refractivity contribution in [2.75, 3.05) is 37.6 Å². The number of para-hydroxylation sites is 1.